The number of nitrogens with two attached hydrogens (primary N) is 1. The van der Waals surface area contributed by atoms with Crippen LogP contribution in [0, 0.1) is 18.8 Å². The van der Waals surface area contributed by atoms with Crippen molar-refractivity contribution in [1.29, 1.82) is 0 Å². The number of nitrogens with zero attached hydrogens (tertiary/aromatic N) is 1. The molecule has 1 aromatic rings. The molecule has 2 N–H and O–H groups in total. The second-order valence-electron chi connectivity index (χ2n) is 5.75. The van der Waals surface area contributed by atoms with Crippen molar-refractivity contribution in [1.82, 2.24) is 0 Å². The van der Waals surface area contributed by atoms with Crippen molar-refractivity contribution in [3.63, 3.8) is 0 Å². The molecular weight excluding hydrogens is 208 g/mol. The molecule has 0 radical (unpaired) electrons. The minimum atomic E-state index is 0.620. The lowest BCUT2D eigenvalue weighted by molar-refractivity contribution is 0.297. The van der Waals surface area contributed by atoms with Gasteiger partial charge in [-0.2, -0.15) is 0 Å². The summed E-state index contributed by atoms with van der Waals surface area (Å²) < 4.78 is 0. The first-order valence-corrected chi connectivity index (χ1v) is 6.61. The molecule has 1 fully saturated rings. The van der Waals surface area contributed by atoms with Crippen LogP contribution in [0.25, 0.3) is 0 Å². The number of nitrogen functional groups attached to an aromatic ring is 1. The summed E-state index contributed by atoms with van der Waals surface area (Å²) >= 11 is 0. The third kappa shape index (κ3) is 2.41. The summed E-state index contributed by atoms with van der Waals surface area (Å²) in [6.45, 7) is 10.3. The van der Waals surface area contributed by atoms with Crippen molar-refractivity contribution < 1.29 is 0 Å². The second-order valence-corrected chi connectivity index (χ2v) is 5.75. The van der Waals surface area contributed by atoms with Crippen LogP contribution in [0.1, 0.15) is 32.8 Å². The zero-order valence-electron chi connectivity index (χ0n) is 11.4. The largest absolute Gasteiger partial charge is 0.399 e. The van der Waals surface area contributed by atoms with E-state index in [1.54, 1.807) is 0 Å². The summed E-state index contributed by atoms with van der Waals surface area (Å²) in [5, 5.41) is 0. The number of piperidine rings is 1. The Kier molecular flexibility index (Phi) is 3.32. The van der Waals surface area contributed by atoms with Crippen molar-refractivity contribution in [2.24, 2.45) is 11.8 Å². The lowest BCUT2D eigenvalue weighted by Gasteiger charge is -2.42. The number of hydrogen-bond donors (Lipinski definition) is 1. The van der Waals surface area contributed by atoms with E-state index >= 15 is 0 Å². The molecule has 2 rings (SSSR count). The Morgan fingerprint density at radius 2 is 1.94 bits per heavy atom. The van der Waals surface area contributed by atoms with Crippen LogP contribution in [0.5, 0.6) is 0 Å². The quantitative estimate of drug-likeness (QED) is 0.751. The molecule has 1 aromatic carbocycles. The highest BCUT2D eigenvalue weighted by Crippen LogP contribution is 2.32. The molecule has 1 aliphatic rings. The normalized spacial score (nSPS) is 29.4. The van der Waals surface area contributed by atoms with Gasteiger partial charge in [0.15, 0.2) is 0 Å². The summed E-state index contributed by atoms with van der Waals surface area (Å²) in [5.74, 6) is 1.54. The smallest absolute Gasteiger partial charge is 0.0372 e. The van der Waals surface area contributed by atoms with Gasteiger partial charge in [0, 0.05) is 24.0 Å². The van der Waals surface area contributed by atoms with Crippen LogP contribution in [0.3, 0.4) is 0 Å². The molecule has 0 spiro atoms. The number of rotatable bonds is 1. The minimum Gasteiger partial charge on any atom is -0.399 e. The maximum Gasteiger partial charge on any atom is 0.0372 e. The van der Waals surface area contributed by atoms with E-state index in [9.17, 15) is 0 Å². The predicted octanol–water partition coefficient (Wildman–Crippen LogP) is 3.45. The van der Waals surface area contributed by atoms with E-state index in [0.717, 1.165) is 24.1 Å². The van der Waals surface area contributed by atoms with E-state index in [1.807, 2.05) is 6.07 Å². The third-order valence-electron chi connectivity index (χ3n) is 4.18. The van der Waals surface area contributed by atoms with Gasteiger partial charge in [-0.25, -0.2) is 0 Å². The molecule has 2 nitrogen and oxygen atoms in total. The highest BCUT2D eigenvalue weighted by molar-refractivity contribution is 5.58. The van der Waals surface area contributed by atoms with Crippen LogP contribution in [-0.2, 0) is 0 Å². The van der Waals surface area contributed by atoms with Crippen LogP contribution < -0.4 is 10.6 Å². The van der Waals surface area contributed by atoms with E-state index in [2.05, 4.69) is 44.7 Å². The SMILES string of the molecule is Cc1cc(N2CC(C)CC(C)C2C)ccc1N. The lowest BCUT2D eigenvalue weighted by atomic mass is 9.85. The molecule has 3 unspecified atom stereocenters. The van der Waals surface area contributed by atoms with E-state index in [1.165, 1.54) is 17.7 Å². The minimum absolute atomic E-state index is 0.620. The Morgan fingerprint density at radius 1 is 1.24 bits per heavy atom. The standard InChI is InChI=1S/C15H24N2/c1-10-7-11(2)13(4)17(9-10)14-5-6-15(16)12(3)8-14/h5-6,8,10-11,13H,7,9,16H2,1-4H3. The van der Waals surface area contributed by atoms with Gasteiger partial charge in [0.1, 0.15) is 0 Å². The van der Waals surface area contributed by atoms with Gasteiger partial charge < -0.3 is 10.6 Å². The van der Waals surface area contributed by atoms with Gasteiger partial charge in [-0.15, -0.1) is 0 Å². The fourth-order valence-corrected chi connectivity index (χ4v) is 2.89. The fourth-order valence-electron chi connectivity index (χ4n) is 2.89. The van der Waals surface area contributed by atoms with Gasteiger partial charge in [0.25, 0.3) is 0 Å². The van der Waals surface area contributed by atoms with Gasteiger partial charge in [-0.05, 0) is 55.9 Å². The van der Waals surface area contributed by atoms with Crippen molar-refractivity contribution in [3.8, 4) is 0 Å². The Morgan fingerprint density at radius 3 is 2.59 bits per heavy atom. The van der Waals surface area contributed by atoms with Crippen LogP contribution in [0.2, 0.25) is 0 Å². The Bertz CT molecular complexity index is 400. The van der Waals surface area contributed by atoms with Crippen LogP contribution in [-0.4, -0.2) is 12.6 Å². The van der Waals surface area contributed by atoms with E-state index in [4.69, 9.17) is 5.73 Å². The second kappa shape index (κ2) is 4.59. The summed E-state index contributed by atoms with van der Waals surface area (Å²) in [7, 11) is 0. The number of anilines is 2. The van der Waals surface area contributed by atoms with E-state index in [-0.39, 0.29) is 0 Å². The Hall–Kier alpha value is -1.18. The average molecular weight is 232 g/mol. The molecule has 0 aliphatic carbocycles. The third-order valence-corrected chi connectivity index (χ3v) is 4.18. The molecule has 2 heteroatoms. The summed E-state index contributed by atoms with van der Waals surface area (Å²) in [4.78, 5) is 2.53. The lowest BCUT2D eigenvalue weighted by Crippen LogP contribution is -2.45. The zero-order valence-corrected chi connectivity index (χ0v) is 11.4. The van der Waals surface area contributed by atoms with E-state index in [0.29, 0.717) is 6.04 Å². The molecular formula is C15H24N2. The van der Waals surface area contributed by atoms with Gasteiger partial charge in [-0.1, -0.05) is 13.8 Å². The zero-order chi connectivity index (χ0) is 12.6. The molecule has 0 amide bonds. The molecule has 0 aromatic heterocycles. The monoisotopic (exact) mass is 232 g/mol. The molecule has 1 saturated heterocycles. The Labute approximate surface area is 105 Å². The molecule has 1 heterocycles. The first kappa shape index (κ1) is 12.3. The molecule has 3 atom stereocenters. The molecule has 1 aliphatic heterocycles. The van der Waals surface area contributed by atoms with Crippen molar-refractivity contribution in [3.05, 3.63) is 23.8 Å². The van der Waals surface area contributed by atoms with Gasteiger partial charge in [-0.3, -0.25) is 0 Å². The fraction of sp³-hybridized carbons (Fsp3) is 0.600. The molecule has 0 saturated carbocycles. The number of benzene rings is 1. The highest BCUT2D eigenvalue weighted by Gasteiger charge is 2.28. The van der Waals surface area contributed by atoms with E-state index < -0.39 is 0 Å². The van der Waals surface area contributed by atoms with Crippen LogP contribution >= 0.6 is 0 Å². The predicted molar refractivity (Wildman–Crippen MR) is 75.3 cm³/mol. The maximum absolute atomic E-state index is 5.89. The number of hydrogen-bond acceptors (Lipinski definition) is 2. The first-order chi connectivity index (χ1) is 7.99. The van der Waals surface area contributed by atoms with Crippen LogP contribution in [0.15, 0.2) is 18.2 Å². The molecule has 0 bridgehead atoms. The van der Waals surface area contributed by atoms with Crippen molar-refractivity contribution >= 4 is 11.4 Å². The summed E-state index contributed by atoms with van der Waals surface area (Å²) in [6.07, 6.45) is 1.34. The maximum atomic E-state index is 5.89. The number of aryl methyl sites for hydroxylation is 1. The summed E-state index contributed by atoms with van der Waals surface area (Å²) in [6, 6.07) is 7.02. The average Bonchev–Trinajstić information content (AvgIpc) is 2.27. The topological polar surface area (TPSA) is 29.3 Å². The van der Waals surface area contributed by atoms with Gasteiger partial charge in [0.2, 0.25) is 0 Å². The molecule has 94 valence electrons. The van der Waals surface area contributed by atoms with Crippen molar-refractivity contribution in [2.45, 2.75) is 40.2 Å². The molecule has 17 heavy (non-hydrogen) atoms. The summed E-state index contributed by atoms with van der Waals surface area (Å²) in [5.41, 5.74) is 9.28. The van der Waals surface area contributed by atoms with Gasteiger partial charge >= 0.3 is 0 Å². The Balaban J connectivity index is 2.28. The van der Waals surface area contributed by atoms with Crippen LogP contribution in [0.4, 0.5) is 11.4 Å². The van der Waals surface area contributed by atoms with Gasteiger partial charge in [0.05, 0.1) is 0 Å². The highest BCUT2D eigenvalue weighted by atomic mass is 15.2. The van der Waals surface area contributed by atoms with Crippen molar-refractivity contribution in [2.75, 3.05) is 17.2 Å². The first-order valence-electron chi connectivity index (χ1n) is 6.61.